The molecule has 0 aliphatic heterocycles. The molecule has 2 aromatic carbocycles. The molecule has 0 N–H and O–H groups in total. The van der Waals surface area contributed by atoms with Crippen LogP contribution in [-0.4, -0.2) is 74.9 Å². The molecule has 0 unspecified atom stereocenters. The van der Waals surface area contributed by atoms with Crippen LogP contribution < -0.4 is 9.64 Å². The zero-order valence-electron chi connectivity index (χ0n) is 22.7. The maximum absolute atomic E-state index is 13.8. The molecular formula is C27H33ClN6O4S2. The number of carbonyl (C=O) groups excluding carboxylic acids is 1. The van der Waals surface area contributed by atoms with E-state index in [4.69, 9.17) is 20.2 Å². The van der Waals surface area contributed by atoms with Gasteiger partial charge in [-0.05, 0) is 49.5 Å². The molecule has 40 heavy (non-hydrogen) atoms. The predicted molar refractivity (Wildman–Crippen MR) is 159 cm³/mol. The molecule has 1 heterocycles. The van der Waals surface area contributed by atoms with Gasteiger partial charge in [0.05, 0.1) is 28.8 Å². The minimum absolute atomic E-state index is 0. The number of anilines is 1. The number of aromatic nitrogens is 1. The highest BCUT2D eigenvalue weighted by molar-refractivity contribution is 7.89. The number of benzene rings is 2. The van der Waals surface area contributed by atoms with Crippen LogP contribution in [0.25, 0.3) is 10.2 Å². The first-order chi connectivity index (χ1) is 18.8. The number of rotatable bonds is 14. The average Bonchev–Trinajstić information content (AvgIpc) is 3.39. The van der Waals surface area contributed by atoms with Crippen LogP contribution in [0.2, 0.25) is 0 Å². The Morgan fingerprint density at radius 2 is 1.60 bits per heavy atom. The first kappa shape index (κ1) is 32.9. The first-order valence-corrected chi connectivity index (χ1v) is 14.9. The van der Waals surface area contributed by atoms with Crippen molar-refractivity contribution in [3.8, 4) is 17.9 Å². The minimum atomic E-state index is -3.94. The molecule has 3 rings (SSSR count). The molecule has 214 valence electrons. The summed E-state index contributed by atoms with van der Waals surface area (Å²) in [5, 5.41) is 18.4. The van der Waals surface area contributed by atoms with Crippen LogP contribution in [0.1, 0.15) is 37.0 Å². The molecule has 0 atom stereocenters. The fourth-order valence-corrected chi connectivity index (χ4v) is 6.48. The number of thiazole rings is 1. The number of fused-ring (bicyclic) bond motifs is 1. The summed E-state index contributed by atoms with van der Waals surface area (Å²) in [5.41, 5.74) is 0.997. The first-order valence-electron chi connectivity index (χ1n) is 12.6. The SMILES string of the molecule is CCN(CC)CCN(C(=O)c1ccc(S(=O)(=O)N(CCC#N)CCC#N)cc1)c1nc2c(OC)cccc2s1.Cl. The van der Waals surface area contributed by atoms with E-state index in [0.29, 0.717) is 35.1 Å². The second-order valence-electron chi connectivity index (χ2n) is 8.53. The van der Waals surface area contributed by atoms with E-state index in [2.05, 4.69) is 18.7 Å². The third-order valence-corrected chi connectivity index (χ3v) is 9.24. The van der Waals surface area contributed by atoms with Crippen LogP contribution in [0.15, 0.2) is 47.4 Å². The van der Waals surface area contributed by atoms with Crippen molar-refractivity contribution in [2.75, 3.05) is 51.3 Å². The van der Waals surface area contributed by atoms with Crippen LogP contribution in [0.5, 0.6) is 5.75 Å². The summed E-state index contributed by atoms with van der Waals surface area (Å²) >= 11 is 1.39. The van der Waals surface area contributed by atoms with Gasteiger partial charge in [0, 0.05) is 44.6 Å². The summed E-state index contributed by atoms with van der Waals surface area (Å²) in [6, 6.07) is 15.3. The van der Waals surface area contributed by atoms with E-state index < -0.39 is 10.0 Å². The number of nitrogens with zero attached hydrogens (tertiary/aromatic N) is 6. The lowest BCUT2D eigenvalue weighted by molar-refractivity contribution is 0.0983. The third-order valence-electron chi connectivity index (χ3n) is 6.29. The van der Waals surface area contributed by atoms with Gasteiger partial charge < -0.3 is 9.64 Å². The number of hydrogen-bond acceptors (Lipinski definition) is 9. The molecule has 0 saturated heterocycles. The second-order valence-corrected chi connectivity index (χ2v) is 11.5. The Hall–Kier alpha value is -3.26. The minimum Gasteiger partial charge on any atom is -0.494 e. The molecule has 0 radical (unpaired) electrons. The molecular weight excluding hydrogens is 572 g/mol. The zero-order valence-corrected chi connectivity index (χ0v) is 25.2. The van der Waals surface area contributed by atoms with Crippen LogP contribution in [-0.2, 0) is 10.0 Å². The number of hydrogen-bond donors (Lipinski definition) is 0. The Bertz CT molecular complexity index is 1440. The standard InChI is InChI=1S/C27H32N6O4S2.ClH/c1-4-31(5-2)19-20-33(27-30-25-23(37-3)9-6-10-24(25)38-27)26(34)21-11-13-22(14-12-21)39(35,36)32(17-7-15-28)18-8-16-29;/h6,9-14H,4-5,7-8,17-20H2,1-3H3;1H. The second kappa shape index (κ2) is 15.5. The van der Waals surface area contributed by atoms with Crippen molar-refractivity contribution in [1.29, 1.82) is 10.5 Å². The number of carbonyl (C=O) groups is 1. The van der Waals surface area contributed by atoms with Crippen molar-refractivity contribution in [3.63, 3.8) is 0 Å². The largest absolute Gasteiger partial charge is 0.494 e. The molecule has 0 spiro atoms. The summed E-state index contributed by atoms with van der Waals surface area (Å²) in [6.45, 7) is 6.83. The quantitative estimate of drug-likeness (QED) is 0.262. The van der Waals surface area contributed by atoms with E-state index >= 15 is 0 Å². The van der Waals surface area contributed by atoms with E-state index in [1.165, 1.54) is 35.6 Å². The number of methoxy groups -OCH3 is 1. The highest BCUT2D eigenvalue weighted by Gasteiger charge is 2.26. The van der Waals surface area contributed by atoms with Gasteiger partial charge in [-0.3, -0.25) is 9.69 Å². The highest BCUT2D eigenvalue weighted by Crippen LogP contribution is 2.34. The van der Waals surface area contributed by atoms with Crippen LogP contribution >= 0.6 is 23.7 Å². The van der Waals surface area contributed by atoms with Crippen molar-refractivity contribution in [2.24, 2.45) is 0 Å². The van der Waals surface area contributed by atoms with Crippen LogP contribution in [0.3, 0.4) is 0 Å². The summed E-state index contributed by atoms with van der Waals surface area (Å²) in [5.74, 6) is 0.327. The van der Waals surface area contributed by atoms with Gasteiger partial charge in [0.2, 0.25) is 10.0 Å². The van der Waals surface area contributed by atoms with Gasteiger partial charge in [0.25, 0.3) is 5.91 Å². The van der Waals surface area contributed by atoms with Crippen LogP contribution in [0.4, 0.5) is 5.13 Å². The Morgan fingerprint density at radius 1 is 0.975 bits per heavy atom. The van der Waals surface area contributed by atoms with Gasteiger partial charge >= 0.3 is 0 Å². The molecule has 0 aliphatic carbocycles. The Balaban J connectivity index is 0.00000560. The van der Waals surface area contributed by atoms with Gasteiger partial charge in [0.15, 0.2) is 5.13 Å². The molecule has 10 nitrogen and oxygen atoms in total. The fraction of sp³-hybridized carbons (Fsp3) is 0.407. The van der Waals surface area contributed by atoms with Gasteiger partial charge in [-0.1, -0.05) is 31.3 Å². The fourth-order valence-electron chi connectivity index (χ4n) is 4.03. The molecule has 13 heteroatoms. The summed E-state index contributed by atoms with van der Waals surface area (Å²) in [7, 11) is -2.36. The van der Waals surface area contributed by atoms with Crippen molar-refractivity contribution in [1.82, 2.24) is 14.2 Å². The van der Waals surface area contributed by atoms with Crippen LogP contribution in [0, 0.1) is 22.7 Å². The Labute approximate surface area is 245 Å². The third kappa shape index (κ3) is 7.68. The number of ether oxygens (including phenoxy) is 1. The maximum Gasteiger partial charge on any atom is 0.260 e. The van der Waals surface area contributed by atoms with Crippen molar-refractivity contribution < 1.29 is 17.9 Å². The number of likely N-dealkylation sites (N-methyl/N-ethyl adjacent to an activating group) is 1. The summed E-state index contributed by atoms with van der Waals surface area (Å²) in [4.78, 5) is 22.3. The Kier molecular flexibility index (Phi) is 12.8. The number of halogens is 1. The van der Waals surface area contributed by atoms with E-state index in [9.17, 15) is 13.2 Å². The highest BCUT2D eigenvalue weighted by atomic mass is 35.5. The number of sulfonamides is 1. The van der Waals surface area contributed by atoms with E-state index in [1.54, 1.807) is 12.0 Å². The monoisotopic (exact) mass is 604 g/mol. The molecule has 0 aliphatic rings. The molecule has 1 amide bonds. The lowest BCUT2D eigenvalue weighted by Crippen LogP contribution is -2.39. The molecule has 0 saturated carbocycles. The van der Waals surface area contributed by atoms with Crippen molar-refractivity contribution in [3.05, 3.63) is 48.0 Å². The van der Waals surface area contributed by atoms with E-state index in [-0.39, 0.29) is 49.1 Å². The molecule has 3 aromatic rings. The molecule has 1 aromatic heterocycles. The normalized spacial score (nSPS) is 11.2. The number of para-hydroxylation sites is 1. The Morgan fingerprint density at radius 3 is 2.15 bits per heavy atom. The summed E-state index contributed by atoms with van der Waals surface area (Å²) in [6.07, 6.45) is 0.0192. The van der Waals surface area contributed by atoms with Gasteiger partial charge in [-0.15, -0.1) is 12.4 Å². The van der Waals surface area contributed by atoms with Gasteiger partial charge in [-0.25, -0.2) is 13.4 Å². The van der Waals surface area contributed by atoms with Gasteiger partial charge in [0.1, 0.15) is 11.3 Å². The number of amides is 1. The van der Waals surface area contributed by atoms with Crippen molar-refractivity contribution >= 4 is 55.0 Å². The zero-order chi connectivity index (χ0) is 28.4. The molecule has 0 bridgehead atoms. The smallest absolute Gasteiger partial charge is 0.260 e. The predicted octanol–water partition coefficient (Wildman–Crippen LogP) is 4.53. The number of nitriles is 2. The molecule has 0 fully saturated rings. The average molecular weight is 605 g/mol. The van der Waals surface area contributed by atoms with E-state index in [0.717, 1.165) is 22.1 Å². The lowest BCUT2D eigenvalue weighted by atomic mass is 10.2. The van der Waals surface area contributed by atoms with Gasteiger partial charge in [-0.2, -0.15) is 14.8 Å². The summed E-state index contributed by atoms with van der Waals surface area (Å²) < 4.78 is 33.8. The topological polar surface area (TPSA) is 131 Å². The van der Waals surface area contributed by atoms with E-state index in [1.807, 2.05) is 30.3 Å². The maximum atomic E-state index is 13.8. The lowest BCUT2D eigenvalue weighted by Gasteiger charge is -2.25. The van der Waals surface area contributed by atoms with Crippen molar-refractivity contribution in [2.45, 2.75) is 31.6 Å².